The van der Waals surface area contributed by atoms with Crippen LogP contribution in [0.4, 0.5) is 0 Å². The van der Waals surface area contributed by atoms with Crippen LogP contribution in [0.15, 0.2) is 60.9 Å². The van der Waals surface area contributed by atoms with E-state index in [9.17, 15) is 4.79 Å². The second-order valence-electron chi connectivity index (χ2n) is 6.82. The lowest BCUT2D eigenvalue weighted by Crippen LogP contribution is -2.30. The first-order valence-electron chi connectivity index (χ1n) is 9.00. The van der Waals surface area contributed by atoms with E-state index in [0.29, 0.717) is 13.1 Å². The molecule has 0 atom stereocenters. The number of ether oxygens (including phenoxy) is 1. The molecule has 3 aromatic rings. The lowest BCUT2D eigenvalue weighted by Gasteiger charge is -2.17. The van der Waals surface area contributed by atoms with Gasteiger partial charge in [-0.25, -0.2) is 0 Å². The summed E-state index contributed by atoms with van der Waals surface area (Å²) in [5.41, 5.74) is 4.55. The van der Waals surface area contributed by atoms with Gasteiger partial charge in [0.05, 0.1) is 12.7 Å². The fourth-order valence-corrected chi connectivity index (χ4v) is 2.77. The Labute approximate surface area is 160 Å². The van der Waals surface area contributed by atoms with E-state index in [1.807, 2.05) is 54.2 Å². The molecule has 0 aliphatic carbocycles. The highest BCUT2D eigenvalue weighted by molar-refractivity contribution is 5.77. The number of likely N-dealkylation sites (N-methyl/N-ethyl adjacent to an activating group) is 1. The molecule has 0 radical (unpaired) electrons. The van der Waals surface area contributed by atoms with E-state index in [4.69, 9.17) is 4.74 Å². The molecule has 0 saturated carbocycles. The van der Waals surface area contributed by atoms with E-state index in [2.05, 4.69) is 24.2 Å². The summed E-state index contributed by atoms with van der Waals surface area (Å²) < 4.78 is 7.52. The van der Waals surface area contributed by atoms with Crippen LogP contribution < -0.4 is 4.74 Å². The number of aryl methyl sites for hydroxylation is 2. The number of hydrogen-bond donors (Lipinski definition) is 0. The molecule has 2 aromatic carbocycles. The number of amides is 1. The van der Waals surface area contributed by atoms with E-state index < -0.39 is 0 Å². The van der Waals surface area contributed by atoms with E-state index >= 15 is 0 Å². The molecule has 0 fully saturated rings. The van der Waals surface area contributed by atoms with E-state index in [1.165, 1.54) is 11.1 Å². The molecule has 1 amide bonds. The third kappa shape index (κ3) is 5.20. The monoisotopic (exact) mass is 363 g/mol. The topological polar surface area (TPSA) is 47.4 Å². The molecule has 3 rings (SSSR count). The number of benzene rings is 2. The maximum Gasteiger partial charge on any atom is 0.260 e. The number of rotatable bonds is 7. The Morgan fingerprint density at radius 2 is 1.85 bits per heavy atom. The third-order valence-electron chi connectivity index (χ3n) is 4.56. The molecule has 5 heteroatoms. The summed E-state index contributed by atoms with van der Waals surface area (Å²) in [6, 6.07) is 16.0. The van der Waals surface area contributed by atoms with Gasteiger partial charge in [0.2, 0.25) is 0 Å². The van der Waals surface area contributed by atoms with Crippen molar-refractivity contribution in [2.75, 3.05) is 13.7 Å². The molecule has 0 bridgehead atoms. The summed E-state index contributed by atoms with van der Waals surface area (Å²) in [7, 11) is 1.78. The van der Waals surface area contributed by atoms with Crippen molar-refractivity contribution in [3.8, 4) is 5.75 Å². The molecule has 0 aliphatic heterocycles. The van der Waals surface area contributed by atoms with Gasteiger partial charge < -0.3 is 9.64 Å². The Hall–Kier alpha value is -3.08. The first-order valence-corrected chi connectivity index (χ1v) is 9.00. The second kappa shape index (κ2) is 8.54. The van der Waals surface area contributed by atoms with Crippen molar-refractivity contribution in [1.82, 2.24) is 14.7 Å². The van der Waals surface area contributed by atoms with Crippen LogP contribution in [-0.4, -0.2) is 34.2 Å². The van der Waals surface area contributed by atoms with E-state index in [-0.39, 0.29) is 12.5 Å². The highest BCUT2D eigenvalue weighted by atomic mass is 16.5. The molecule has 0 spiro atoms. The van der Waals surface area contributed by atoms with Crippen LogP contribution in [0.2, 0.25) is 0 Å². The quantitative estimate of drug-likeness (QED) is 0.645. The number of aromatic nitrogens is 2. The summed E-state index contributed by atoms with van der Waals surface area (Å²) in [5, 5.41) is 4.38. The van der Waals surface area contributed by atoms with Gasteiger partial charge in [0.25, 0.3) is 5.91 Å². The van der Waals surface area contributed by atoms with Crippen molar-refractivity contribution in [3.05, 3.63) is 83.2 Å². The number of hydrogen-bond acceptors (Lipinski definition) is 3. The molecule has 0 N–H and O–H groups in total. The van der Waals surface area contributed by atoms with Crippen molar-refractivity contribution in [3.63, 3.8) is 0 Å². The van der Waals surface area contributed by atoms with Crippen molar-refractivity contribution in [1.29, 1.82) is 0 Å². The zero-order valence-electron chi connectivity index (χ0n) is 16.1. The first kappa shape index (κ1) is 18.7. The maximum absolute atomic E-state index is 12.3. The third-order valence-corrected chi connectivity index (χ3v) is 4.56. The van der Waals surface area contributed by atoms with Crippen molar-refractivity contribution >= 4 is 5.91 Å². The minimum Gasteiger partial charge on any atom is -0.484 e. The zero-order chi connectivity index (χ0) is 19.2. The fraction of sp³-hybridized carbons (Fsp3) is 0.273. The first-order chi connectivity index (χ1) is 13.0. The SMILES string of the molecule is Cc1ccc(OCC(=O)N(C)Cc2cnn(Cc3ccccc3)c2)cc1C. The summed E-state index contributed by atoms with van der Waals surface area (Å²) in [5.74, 6) is 0.652. The number of carbonyl (C=O) groups excluding carboxylic acids is 1. The molecule has 5 nitrogen and oxygen atoms in total. The van der Waals surface area contributed by atoms with Crippen LogP contribution in [0.3, 0.4) is 0 Å². The normalized spacial score (nSPS) is 10.6. The Morgan fingerprint density at radius 1 is 1.07 bits per heavy atom. The van der Waals surface area contributed by atoms with Gasteiger partial charge in [-0.2, -0.15) is 5.10 Å². The van der Waals surface area contributed by atoms with E-state index in [0.717, 1.165) is 16.9 Å². The van der Waals surface area contributed by atoms with Gasteiger partial charge in [-0.15, -0.1) is 0 Å². The molecule has 1 aromatic heterocycles. The Bertz CT molecular complexity index is 903. The minimum atomic E-state index is -0.0657. The summed E-state index contributed by atoms with van der Waals surface area (Å²) in [6.07, 6.45) is 3.78. The minimum absolute atomic E-state index is 0.0250. The number of carbonyl (C=O) groups is 1. The maximum atomic E-state index is 12.3. The molecule has 27 heavy (non-hydrogen) atoms. The summed E-state index contributed by atoms with van der Waals surface area (Å²) >= 11 is 0. The number of nitrogens with zero attached hydrogens (tertiary/aromatic N) is 3. The fourth-order valence-electron chi connectivity index (χ4n) is 2.77. The highest BCUT2D eigenvalue weighted by Crippen LogP contribution is 2.16. The molecule has 0 unspecified atom stereocenters. The smallest absolute Gasteiger partial charge is 0.260 e. The molecular weight excluding hydrogens is 338 g/mol. The Kier molecular flexibility index (Phi) is 5.91. The van der Waals surface area contributed by atoms with Gasteiger partial charge >= 0.3 is 0 Å². The van der Waals surface area contributed by atoms with Crippen LogP contribution in [-0.2, 0) is 17.9 Å². The van der Waals surface area contributed by atoms with Crippen LogP contribution >= 0.6 is 0 Å². The summed E-state index contributed by atoms with van der Waals surface area (Å²) in [4.78, 5) is 14.0. The van der Waals surface area contributed by atoms with Crippen LogP contribution in [0.5, 0.6) is 5.75 Å². The summed E-state index contributed by atoms with van der Waals surface area (Å²) in [6.45, 7) is 5.33. The van der Waals surface area contributed by atoms with Gasteiger partial charge in [-0.1, -0.05) is 36.4 Å². The Balaban J connectivity index is 1.51. The average Bonchev–Trinajstić information content (AvgIpc) is 3.10. The van der Waals surface area contributed by atoms with Crippen molar-refractivity contribution in [2.45, 2.75) is 26.9 Å². The Morgan fingerprint density at radius 3 is 2.59 bits per heavy atom. The van der Waals surface area contributed by atoms with Crippen molar-refractivity contribution in [2.24, 2.45) is 0 Å². The van der Waals surface area contributed by atoms with Gasteiger partial charge in [-0.3, -0.25) is 9.48 Å². The predicted molar refractivity (Wildman–Crippen MR) is 106 cm³/mol. The highest BCUT2D eigenvalue weighted by Gasteiger charge is 2.12. The van der Waals surface area contributed by atoms with Gasteiger partial charge in [-0.05, 0) is 42.7 Å². The van der Waals surface area contributed by atoms with Gasteiger partial charge in [0.1, 0.15) is 5.75 Å². The van der Waals surface area contributed by atoms with E-state index in [1.54, 1.807) is 18.1 Å². The predicted octanol–water partition coefficient (Wildman–Crippen LogP) is 3.59. The largest absolute Gasteiger partial charge is 0.484 e. The molecule has 0 aliphatic rings. The average molecular weight is 363 g/mol. The zero-order valence-corrected chi connectivity index (χ0v) is 16.1. The van der Waals surface area contributed by atoms with Crippen molar-refractivity contribution < 1.29 is 9.53 Å². The van der Waals surface area contributed by atoms with Gasteiger partial charge in [0, 0.05) is 25.4 Å². The molecular formula is C22H25N3O2. The van der Waals surface area contributed by atoms with Crippen LogP contribution in [0, 0.1) is 13.8 Å². The molecule has 0 saturated heterocycles. The molecule has 140 valence electrons. The molecule has 1 heterocycles. The van der Waals surface area contributed by atoms with Crippen LogP contribution in [0.25, 0.3) is 0 Å². The standard InChI is InChI=1S/C22H25N3O2/c1-17-9-10-21(11-18(17)2)27-16-22(26)24(3)13-20-12-23-25(15-20)14-19-7-5-4-6-8-19/h4-12,15H,13-14,16H2,1-3H3. The lowest BCUT2D eigenvalue weighted by atomic mass is 10.1. The lowest BCUT2D eigenvalue weighted by molar-refractivity contribution is -0.132. The second-order valence-corrected chi connectivity index (χ2v) is 6.82. The van der Waals surface area contributed by atoms with Crippen LogP contribution in [0.1, 0.15) is 22.3 Å². The van der Waals surface area contributed by atoms with Gasteiger partial charge in [0.15, 0.2) is 6.61 Å².